The van der Waals surface area contributed by atoms with E-state index < -0.39 is 0 Å². The van der Waals surface area contributed by atoms with E-state index in [1.54, 1.807) is 11.8 Å². The van der Waals surface area contributed by atoms with Gasteiger partial charge in [0.05, 0.1) is 18.6 Å². The van der Waals surface area contributed by atoms with Crippen molar-refractivity contribution in [2.75, 3.05) is 7.11 Å². The first-order chi connectivity index (χ1) is 13.8. The fourth-order valence-electron chi connectivity index (χ4n) is 2.60. The van der Waals surface area contributed by atoms with Crippen LogP contribution in [0.4, 0.5) is 0 Å². The zero-order valence-corrected chi connectivity index (χ0v) is 16.3. The van der Waals surface area contributed by atoms with E-state index in [-0.39, 0.29) is 0 Å². The number of aryl methyl sites for hydroxylation is 1. The third-order valence-corrected chi connectivity index (χ3v) is 5.08. The Bertz CT molecular complexity index is 1040. The molecule has 0 aliphatic heterocycles. The molecule has 0 amide bonds. The minimum Gasteiger partial charge on any atom is -0.497 e. The van der Waals surface area contributed by atoms with E-state index in [4.69, 9.17) is 9.26 Å². The summed E-state index contributed by atoms with van der Waals surface area (Å²) in [7, 11) is 1.63. The van der Waals surface area contributed by atoms with Crippen molar-refractivity contribution in [2.24, 2.45) is 0 Å². The molecule has 0 aliphatic rings. The largest absolute Gasteiger partial charge is 0.497 e. The van der Waals surface area contributed by atoms with E-state index in [2.05, 4.69) is 44.7 Å². The van der Waals surface area contributed by atoms with Crippen LogP contribution in [0.2, 0.25) is 0 Å². The van der Waals surface area contributed by atoms with Gasteiger partial charge in [-0.25, -0.2) is 0 Å². The SMILES string of the molecule is CCc1ccc(-c2noc(CSc3nnnn3-c3ccc(OC)cc3)n2)cc1. The van der Waals surface area contributed by atoms with Gasteiger partial charge in [0.25, 0.3) is 0 Å². The van der Waals surface area contributed by atoms with Gasteiger partial charge >= 0.3 is 0 Å². The third-order valence-electron chi connectivity index (χ3n) is 4.17. The fraction of sp³-hybridized carbons (Fsp3) is 0.211. The van der Waals surface area contributed by atoms with E-state index in [9.17, 15) is 0 Å². The molecule has 0 atom stereocenters. The second-order valence-corrected chi connectivity index (χ2v) is 6.86. The molecule has 0 aliphatic carbocycles. The Morgan fingerprint density at radius 3 is 2.57 bits per heavy atom. The molecule has 2 aromatic carbocycles. The molecule has 4 rings (SSSR count). The van der Waals surface area contributed by atoms with Crippen LogP contribution in [0.1, 0.15) is 18.4 Å². The Labute approximate surface area is 165 Å². The van der Waals surface area contributed by atoms with Crippen LogP contribution in [0, 0.1) is 0 Å². The predicted octanol–water partition coefficient (Wildman–Crippen LogP) is 3.58. The maximum absolute atomic E-state index is 5.37. The molecule has 2 aromatic heterocycles. The number of nitrogens with zero attached hydrogens (tertiary/aromatic N) is 6. The zero-order valence-electron chi connectivity index (χ0n) is 15.4. The van der Waals surface area contributed by atoms with Crippen LogP contribution < -0.4 is 4.74 Å². The van der Waals surface area contributed by atoms with E-state index in [1.807, 2.05) is 36.4 Å². The molecule has 28 heavy (non-hydrogen) atoms. The normalized spacial score (nSPS) is 10.9. The Morgan fingerprint density at radius 1 is 1.07 bits per heavy atom. The molecule has 142 valence electrons. The number of hydrogen-bond acceptors (Lipinski definition) is 8. The minimum absolute atomic E-state index is 0.469. The molecule has 0 bridgehead atoms. The molecule has 4 aromatic rings. The van der Waals surface area contributed by atoms with Crippen LogP contribution >= 0.6 is 11.8 Å². The second kappa shape index (κ2) is 8.22. The highest BCUT2D eigenvalue weighted by Gasteiger charge is 2.13. The lowest BCUT2D eigenvalue weighted by atomic mass is 10.1. The van der Waals surface area contributed by atoms with Crippen LogP contribution in [0.5, 0.6) is 5.75 Å². The summed E-state index contributed by atoms with van der Waals surface area (Å²) < 4.78 is 12.2. The summed E-state index contributed by atoms with van der Waals surface area (Å²) in [6, 6.07) is 15.7. The predicted molar refractivity (Wildman–Crippen MR) is 104 cm³/mol. The average Bonchev–Trinajstić information content (AvgIpc) is 3.42. The van der Waals surface area contributed by atoms with Crippen molar-refractivity contribution in [3.05, 3.63) is 60.0 Å². The smallest absolute Gasteiger partial charge is 0.237 e. The molecule has 0 unspecified atom stereocenters. The van der Waals surface area contributed by atoms with Crippen LogP contribution in [-0.4, -0.2) is 37.5 Å². The lowest BCUT2D eigenvalue weighted by molar-refractivity contribution is 0.391. The van der Waals surface area contributed by atoms with Gasteiger partial charge in [0, 0.05) is 5.56 Å². The third kappa shape index (κ3) is 3.89. The summed E-state index contributed by atoms with van der Waals surface area (Å²) in [5, 5.41) is 16.6. The Hall–Kier alpha value is -3.20. The number of hydrogen-bond donors (Lipinski definition) is 0. The van der Waals surface area contributed by atoms with Crippen LogP contribution in [-0.2, 0) is 12.2 Å². The van der Waals surface area contributed by atoms with Crippen molar-refractivity contribution in [1.29, 1.82) is 0 Å². The van der Waals surface area contributed by atoms with Crippen molar-refractivity contribution in [3.63, 3.8) is 0 Å². The van der Waals surface area contributed by atoms with Gasteiger partial charge in [-0.3, -0.25) is 0 Å². The molecule has 0 fully saturated rings. The van der Waals surface area contributed by atoms with Crippen molar-refractivity contribution in [3.8, 4) is 22.8 Å². The van der Waals surface area contributed by atoms with E-state index in [1.165, 1.54) is 17.3 Å². The molecule has 2 heterocycles. The van der Waals surface area contributed by atoms with Gasteiger partial charge in [0.2, 0.25) is 16.9 Å². The van der Waals surface area contributed by atoms with Gasteiger partial charge in [-0.1, -0.05) is 48.1 Å². The maximum atomic E-state index is 5.37. The number of rotatable bonds is 7. The van der Waals surface area contributed by atoms with Gasteiger partial charge in [0.1, 0.15) is 5.75 Å². The first kappa shape index (κ1) is 18.2. The summed E-state index contributed by atoms with van der Waals surface area (Å²) in [6.45, 7) is 2.12. The van der Waals surface area contributed by atoms with E-state index in [0.29, 0.717) is 22.6 Å². The Kier molecular flexibility index (Phi) is 5.34. The number of benzene rings is 2. The molecule has 0 saturated heterocycles. The summed E-state index contributed by atoms with van der Waals surface area (Å²) in [6.07, 6.45) is 0.997. The molecular weight excluding hydrogens is 376 g/mol. The van der Waals surface area contributed by atoms with Crippen molar-refractivity contribution >= 4 is 11.8 Å². The monoisotopic (exact) mass is 394 g/mol. The highest BCUT2D eigenvalue weighted by Crippen LogP contribution is 2.24. The van der Waals surface area contributed by atoms with Crippen LogP contribution in [0.15, 0.2) is 58.2 Å². The molecular formula is C19H18N6O2S. The first-order valence-corrected chi connectivity index (χ1v) is 9.73. The topological polar surface area (TPSA) is 91.8 Å². The first-order valence-electron chi connectivity index (χ1n) is 8.74. The number of ether oxygens (including phenoxy) is 1. The van der Waals surface area contributed by atoms with Gasteiger partial charge < -0.3 is 9.26 Å². The van der Waals surface area contributed by atoms with E-state index in [0.717, 1.165) is 23.4 Å². The quantitative estimate of drug-likeness (QED) is 0.439. The lowest BCUT2D eigenvalue weighted by Crippen LogP contribution is -1.99. The molecule has 0 N–H and O–H groups in total. The van der Waals surface area contributed by atoms with Gasteiger partial charge in [-0.05, 0) is 46.7 Å². The Morgan fingerprint density at radius 2 is 1.86 bits per heavy atom. The second-order valence-electron chi connectivity index (χ2n) is 5.92. The van der Waals surface area contributed by atoms with Crippen LogP contribution in [0.3, 0.4) is 0 Å². The van der Waals surface area contributed by atoms with Crippen molar-refractivity contribution in [1.82, 2.24) is 30.3 Å². The average molecular weight is 394 g/mol. The van der Waals surface area contributed by atoms with Gasteiger partial charge in [0.15, 0.2) is 0 Å². The molecule has 0 saturated carbocycles. The number of thioether (sulfide) groups is 1. The number of aromatic nitrogens is 6. The molecule has 9 heteroatoms. The van der Waals surface area contributed by atoms with Crippen molar-refractivity contribution in [2.45, 2.75) is 24.3 Å². The molecule has 0 radical (unpaired) electrons. The Balaban J connectivity index is 1.45. The highest BCUT2D eigenvalue weighted by atomic mass is 32.2. The fourth-order valence-corrected chi connectivity index (χ4v) is 3.33. The van der Waals surface area contributed by atoms with Gasteiger partial charge in [-0.15, -0.1) is 5.10 Å². The standard InChI is InChI=1S/C19H18N6O2S/c1-3-13-4-6-14(7-5-13)18-20-17(27-22-18)12-28-19-21-23-24-25(19)15-8-10-16(26-2)11-9-15/h4-11H,3,12H2,1-2H3. The van der Waals surface area contributed by atoms with Crippen LogP contribution in [0.25, 0.3) is 17.1 Å². The molecule has 8 nitrogen and oxygen atoms in total. The zero-order chi connectivity index (χ0) is 19.3. The van der Waals surface area contributed by atoms with Gasteiger partial charge in [-0.2, -0.15) is 9.67 Å². The minimum atomic E-state index is 0.469. The highest BCUT2D eigenvalue weighted by molar-refractivity contribution is 7.98. The molecule has 0 spiro atoms. The summed E-state index contributed by atoms with van der Waals surface area (Å²) in [4.78, 5) is 4.47. The number of tetrazole rings is 1. The summed E-state index contributed by atoms with van der Waals surface area (Å²) in [5.74, 6) is 2.34. The summed E-state index contributed by atoms with van der Waals surface area (Å²) in [5.41, 5.74) is 3.05. The maximum Gasteiger partial charge on any atom is 0.237 e. The van der Waals surface area contributed by atoms with Crippen molar-refractivity contribution < 1.29 is 9.26 Å². The summed E-state index contributed by atoms with van der Waals surface area (Å²) >= 11 is 1.43. The lowest BCUT2D eigenvalue weighted by Gasteiger charge is -2.04. The van der Waals surface area contributed by atoms with E-state index >= 15 is 0 Å². The number of methoxy groups -OCH3 is 1.